The minimum Gasteiger partial charge on any atom is -0.494 e. The molecule has 2 N–H and O–H groups in total. The van der Waals surface area contributed by atoms with E-state index < -0.39 is 18.1 Å². The molecule has 0 radical (unpaired) electrons. The third-order valence-electron chi connectivity index (χ3n) is 5.42. The second kappa shape index (κ2) is 12.4. The molecule has 1 aliphatic rings. The second-order valence-electron chi connectivity index (χ2n) is 7.88. The number of piperidine rings is 1. The number of nitrogens with zero attached hydrogens (tertiary/aromatic N) is 2. The molecule has 0 aliphatic carbocycles. The van der Waals surface area contributed by atoms with Gasteiger partial charge in [0, 0.05) is 25.1 Å². The van der Waals surface area contributed by atoms with Crippen LogP contribution in [-0.4, -0.2) is 48.1 Å². The number of alkyl halides is 2. The van der Waals surface area contributed by atoms with Crippen molar-refractivity contribution >= 4 is 6.03 Å². The lowest BCUT2D eigenvalue weighted by molar-refractivity contribution is 0.127. The normalized spacial score (nSPS) is 14.3. The van der Waals surface area contributed by atoms with Crippen molar-refractivity contribution in [2.75, 3.05) is 19.7 Å². The van der Waals surface area contributed by atoms with Gasteiger partial charge in [-0.25, -0.2) is 22.4 Å². The predicted octanol–water partition coefficient (Wildman–Crippen LogP) is 4.25. The van der Waals surface area contributed by atoms with Crippen molar-refractivity contribution in [2.24, 2.45) is 0 Å². The quantitative estimate of drug-likeness (QED) is 0.404. The Labute approximate surface area is 190 Å². The first-order chi connectivity index (χ1) is 15.9. The average molecular weight is 468 g/mol. The Kier molecular flexibility index (Phi) is 9.29. The van der Waals surface area contributed by atoms with Gasteiger partial charge in [-0.3, -0.25) is 4.98 Å². The van der Waals surface area contributed by atoms with Crippen LogP contribution in [-0.2, 0) is 13.1 Å². The Balaban J connectivity index is 1.57. The van der Waals surface area contributed by atoms with Crippen LogP contribution in [0.25, 0.3) is 0 Å². The van der Waals surface area contributed by atoms with Gasteiger partial charge in [0.05, 0.1) is 25.0 Å². The van der Waals surface area contributed by atoms with Crippen molar-refractivity contribution in [2.45, 2.75) is 51.2 Å². The average Bonchev–Trinajstić information content (AvgIpc) is 2.81. The van der Waals surface area contributed by atoms with E-state index in [0.717, 1.165) is 30.9 Å². The van der Waals surface area contributed by atoms with E-state index in [1.807, 2.05) is 0 Å². The van der Waals surface area contributed by atoms with E-state index in [9.17, 15) is 22.4 Å². The number of ether oxygens (including phenoxy) is 1. The number of nitrogens with one attached hydrogen (secondary N) is 2. The lowest BCUT2D eigenvalue weighted by Gasteiger charge is -2.34. The fraction of sp³-hybridized carbons (Fsp3) is 0.478. The summed E-state index contributed by atoms with van der Waals surface area (Å²) in [5, 5.41) is 6.08. The van der Waals surface area contributed by atoms with Crippen molar-refractivity contribution < 1.29 is 27.1 Å². The summed E-state index contributed by atoms with van der Waals surface area (Å²) in [5.41, 5.74) is 0.832. The standard InChI is InChI=1S/C23H28F4N4O2/c24-17-12-20(25)21(29-14-17)15-31(18-7-9-28-10-8-18)23(32)30-13-16-3-5-19(6-4-16)33-11-1-2-22(26)27/h3-6,12,14,18,22,28H,1-2,7-11,13,15H2,(H,30,32). The van der Waals surface area contributed by atoms with Crippen LogP contribution in [0.2, 0.25) is 0 Å². The number of carbonyl (C=O) groups excluding carboxylic acids is 1. The molecule has 0 spiro atoms. The van der Waals surface area contributed by atoms with Crippen LogP contribution in [0.5, 0.6) is 5.75 Å². The summed E-state index contributed by atoms with van der Waals surface area (Å²) in [6, 6.07) is 7.29. The van der Waals surface area contributed by atoms with Gasteiger partial charge in [-0.15, -0.1) is 0 Å². The number of rotatable bonds is 10. The summed E-state index contributed by atoms with van der Waals surface area (Å²) >= 11 is 0. The van der Waals surface area contributed by atoms with Gasteiger partial charge in [0.1, 0.15) is 17.4 Å². The van der Waals surface area contributed by atoms with Gasteiger partial charge in [0.2, 0.25) is 6.43 Å². The van der Waals surface area contributed by atoms with Gasteiger partial charge in [-0.2, -0.15) is 0 Å². The van der Waals surface area contributed by atoms with Crippen molar-refractivity contribution in [1.82, 2.24) is 20.5 Å². The molecule has 2 heterocycles. The molecular weight excluding hydrogens is 440 g/mol. The zero-order valence-electron chi connectivity index (χ0n) is 18.2. The lowest BCUT2D eigenvalue weighted by atomic mass is 10.0. The maximum absolute atomic E-state index is 14.2. The first kappa shape index (κ1) is 24.8. The summed E-state index contributed by atoms with van der Waals surface area (Å²) < 4.78 is 57.1. The van der Waals surface area contributed by atoms with E-state index in [2.05, 4.69) is 15.6 Å². The first-order valence-electron chi connectivity index (χ1n) is 11.0. The highest BCUT2D eigenvalue weighted by Crippen LogP contribution is 2.18. The molecule has 0 unspecified atom stereocenters. The monoisotopic (exact) mass is 468 g/mol. The molecule has 0 saturated carbocycles. The Morgan fingerprint density at radius 3 is 2.61 bits per heavy atom. The molecule has 1 fully saturated rings. The molecule has 33 heavy (non-hydrogen) atoms. The molecule has 6 nitrogen and oxygen atoms in total. The summed E-state index contributed by atoms with van der Waals surface area (Å²) in [7, 11) is 0. The number of halogens is 4. The Morgan fingerprint density at radius 1 is 1.21 bits per heavy atom. The molecule has 1 aromatic carbocycles. The van der Waals surface area contributed by atoms with E-state index in [4.69, 9.17) is 4.74 Å². The van der Waals surface area contributed by atoms with Crippen LogP contribution in [0.3, 0.4) is 0 Å². The smallest absolute Gasteiger partial charge is 0.318 e. The van der Waals surface area contributed by atoms with Crippen molar-refractivity contribution in [3.05, 3.63) is 59.4 Å². The zero-order valence-corrected chi connectivity index (χ0v) is 18.2. The van der Waals surface area contributed by atoms with E-state index >= 15 is 0 Å². The lowest BCUT2D eigenvalue weighted by Crippen LogP contribution is -2.49. The molecule has 3 rings (SSSR count). The molecule has 0 bridgehead atoms. The van der Waals surface area contributed by atoms with E-state index in [1.165, 1.54) is 0 Å². The largest absolute Gasteiger partial charge is 0.494 e. The van der Waals surface area contributed by atoms with Crippen LogP contribution in [0, 0.1) is 11.6 Å². The summed E-state index contributed by atoms with van der Waals surface area (Å²) in [5.74, 6) is -0.991. The maximum Gasteiger partial charge on any atom is 0.318 e. The predicted molar refractivity (Wildman–Crippen MR) is 115 cm³/mol. The molecule has 180 valence electrons. The van der Waals surface area contributed by atoms with Gasteiger partial charge >= 0.3 is 6.03 Å². The summed E-state index contributed by atoms with van der Waals surface area (Å²) in [6.07, 6.45) is 0.107. The Hall–Kier alpha value is -2.88. The van der Waals surface area contributed by atoms with Gasteiger partial charge in [-0.1, -0.05) is 12.1 Å². The number of aromatic nitrogens is 1. The molecule has 0 atom stereocenters. The second-order valence-corrected chi connectivity index (χ2v) is 7.88. The third-order valence-corrected chi connectivity index (χ3v) is 5.42. The van der Waals surface area contributed by atoms with Gasteiger partial charge < -0.3 is 20.3 Å². The minimum atomic E-state index is -2.33. The number of urea groups is 1. The van der Waals surface area contributed by atoms with Crippen LogP contribution in [0.4, 0.5) is 22.4 Å². The van der Waals surface area contributed by atoms with E-state index in [1.54, 1.807) is 29.2 Å². The van der Waals surface area contributed by atoms with E-state index in [-0.39, 0.29) is 50.3 Å². The first-order valence-corrected chi connectivity index (χ1v) is 11.0. The van der Waals surface area contributed by atoms with Gasteiger partial charge in [0.25, 0.3) is 0 Å². The SMILES string of the molecule is O=C(NCc1ccc(OCCCC(F)F)cc1)N(Cc1ncc(F)cc1F)C1CCNCC1. The highest BCUT2D eigenvalue weighted by molar-refractivity contribution is 5.74. The molecule has 1 aromatic heterocycles. The van der Waals surface area contributed by atoms with Crippen LogP contribution in [0.15, 0.2) is 36.5 Å². The highest BCUT2D eigenvalue weighted by atomic mass is 19.3. The van der Waals surface area contributed by atoms with Crippen LogP contribution < -0.4 is 15.4 Å². The number of pyridine rings is 1. The van der Waals surface area contributed by atoms with Crippen molar-refractivity contribution in [3.63, 3.8) is 0 Å². The van der Waals surface area contributed by atoms with Crippen molar-refractivity contribution in [1.29, 1.82) is 0 Å². The number of hydrogen-bond acceptors (Lipinski definition) is 4. The summed E-state index contributed by atoms with van der Waals surface area (Å²) in [4.78, 5) is 18.3. The Morgan fingerprint density at radius 2 is 1.94 bits per heavy atom. The fourth-order valence-corrected chi connectivity index (χ4v) is 3.62. The minimum absolute atomic E-state index is 0.0124. The Bertz CT molecular complexity index is 893. The molecule has 10 heteroatoms. The molecule has 2 aromatic rings. The number of hydrogen-bond donors (Lipinski definition) is 2. The number of benzene rings is 1. The van der Waals surface area contributed by atoms with Crippen LogP contribution >= 0.6 is 0 Å². The number of amides is 2. The van der Waals surface area contributed by atoms with Crippen molar-refractivity contribution in [3.8, 4) is 5.75 Å². The highest BCUT2D eigenvalue weighted by Gasteiger charge is 2.27. The molecule has 1 saturated heterocycles. The maximum atomic E-state index is 14.2. The van der Waals surface area contributed by atoms with Crippen LogP contribution in [0.1, 0.15) is 36.9 Å². The fourth-order valence-electron chi connectivity index (χ4n) is 3.62. The number of carbonyl (C=O) groups is 1. The zero-order chi connectivity index (χ0) is 23.6. The molecule has 2 amide bonds. The van der Waals surface area contributed by atoms with Gasteiger partial charge in [0.15, 0.2) is 0 Å². The third kappa shape index (κ3) is 7.88. The summed E-state index contributed by atoms with van der Waals surface area (Å²) in [6.45, 7) is 1.87. The van der Waals surface area contributed by atoms with E-state index in [0.29, 0.717) is 18.6 Å². The topological polar surface area (TPSA) is 66.5 Å². The molecular formula is C23H28F4N4O2. The van der Waals surface area contributed by atoms with Gasteiger partial charge in [-0.05, 0) is 50.0 Å². The molecule has 1 aliphatic heterocycles.